The minimum Gasteiger partial charge on any atom is -0.311 e. The largest absolute Gasteiger partial charge is 0.318 e. The van der Waals surface area contributed by atoms with Crippen molar-refractivity contribution in [3.63, 3.8) is 0 Å². The summed E-state index contributed by atoms with van der Waals surface area (Å²) in [6, 6.07) is 3.40. The molecule has 1 amide bonds. The fraction of sp³-hybridized carbons (Fsp3) is 0. The predicted octanol–water partition coefficient (Wildman–Crippen LogP) is 2.61. The molecule has 0 aliphatic rings. The van der Waals surface area contributed by atoms with Crippen molar-refractivity contribution in [1.82, 2.24) is 4.98 Å². The molecule has 1 N–H and O–H groups in total. The lowest BCUT2D eigenvalue weighted by molar-refractivity contribution is 0.269. The van der Waals surface area contributed by atoms with E-state index in [1.54, 1.807) is 12.1 Å². The molecule has 11 heavy (non-hydrogen) atoms. The van der Waals surface area contributed by atoms with Gasteiger partial charge >= 0.3 is 5.37 Å². The van der Waals surface area contributed by atoms with E-state index in [1.807, 2.05) is 0 Å². The van der Waals surface area contributed by atoms with Crippen LogP contribution in [0.5, 0.6) is 0 Å². The lowest BCUT2D eigenvalue weighted by atomic mass is 10.4. The average Bonchev–Trinajstić information content (AvgIpc) is 1.93. The number of anilines is 1. The Balaban J connectivity index is 2.74. The van der Waals surface area contributed by atoms with Gasteiger partial charge in [0.1, 0.15) is 4.60 Å². The number of carbonyl (C=O) groups is 1. The van der Waals surface area contributed by atoms with Crippen molar-refractivity contribution < 1.29 is 4.79 Å². The number of hydrogen-bond acceptors (Lipinski definition) is 2. The Morgan fingerprint density at radius 3 is 2.82 bits per heavy atom. The highest BCUT2D eigenvalue weighted by atomic mass is 79.9. The van der Waals surface area contributed by atoms with Gasteiger partial charge in [-0.15, -0.1) is 0 Å². The topological polar surface area (TPSA) is 42.0 Å². The van der Waals surface area contributed by atoms with Gasteiger partial charge in [0.2, 0.25) is 0 Å². The quantitative estimate of drug-likeness (QED) is 0.462. The number of rotatable bonds is 1. The molecule has 5 heteroatoms. The Labute approximate surface area is 76.9 Å². The van der Waals surface area contributed by atoms with Crippen molar-refractivity contribution in [3.05, 3.63) is 22.9 Å². The Hall–Kier alpha value is -0.610. The summed E-state index contributed by atoms with van der Waals surface area (Å²) in [7, 11) is 0. The molecule has 3 nitrogen and oxygen atoms in total. The molecule has 0 bridgehead atoms. The van der Waals surface area contributed by atoms with E-state index in [-0.39, 0.29) is 0 Å². The van der Waals surface area contributed by atoms with Crippen LogP contribution in [0.25, 0.3) is 0 Å². The van der Waals surface area contributed by atoms with Crippen LogP contribution in [0.2, 0.25) is 0 Å². The predicted molar refractivity (Wildman–Crippen MR) is 46.8 cm³/mol. The third-order valence-corrected chi connectivity index (χ3v) is 1.53. The summed E-state index contributed by atoms with van der Waals surface area (Å²) in [6.07, 6.45) is 1.50. The summed E-state index contributed by atoms with van der Waals surface area (Å²) in [5, 5.41) is 1.76. The van der Waals surface area contributed by atoms with E-state index in [4.69, 9.17) is 11.6 Å². The highest BCUT2D eigenvalue weighted by Crippen LogP contribution is 2.10. The van der Waals surface area contributed by atoms with Gasteiger partial charge in [-0.2, -0.15) is 0 Å². The van der Waals surface area contributed by atoms with Crippen LogP contribution < -0.4 is 5.32 Å². The van der Waals surface area contributed by atoms with Gasteiger partial charge in [-0.3, -0.25) is 4.79 Å². The van der Waals surface area contributed by atoms with Crippen molar-refractivity contribution in [3.8, 4) is 0 Å². The van der Waals surface area contributed by atoms with Crippen LogP contribution in [0, 0.1) is 0 Å². The van der Waals surface area contributed by atoms with Crippen LogP contribution in [-0.2, 0) is 0 Å². The minimum absolute atomic E-state index is 0.577. The summed E-state index contributed by atoms with van der Waals surface area (Å²) >= 11 is 8.22. The van der Waals surface area contributed by atoms with Crippen LogP contribution >= 0.6 is 27.5 Å². The molecule has 58 valence electrons. The third kappa shape index (κ3) is 2.86. The summed E-state index contributed by atoms with van der Waals surface area (Å²) in [5.74, 6) is 0. The highest BCUT2D eigenvalue weighted by Gasteiger charge is 1.95. The van der Waals surface area contributed by atoms with Crippen LogP contribution in [0.1, 0.15) is 0 Å². The van der Waals surface area contributed by atoms with Crippen LogP contribution in [0.15, 0.2) is 22.9 Å². The molecule has 0 aliphatic carbocycles. The van der Waals surface area contributed by atoms with E-state index in [9.17, 15) is 4.79 Å². The Kier molecular flexibility index (Phi) is 2.84. The second-order valence-corrected chi connectivity index (χ2v) is 2.92. The van der Waals surface area contributed by atoms with Crippen molar-refractivity contribution in [2.24, 2.45) is 0 Å². The lowest BCUT2D eigenvalue weighted by Gasteiger charge is -1.97. The van der Waals surface area contributed by atoms with E-state index < -0.39 is 5.37 Å². The molecule has 0 aromatic carbocycles. The summed E-state index contributed by atoms with van der Waals surface area (Å²) in [4.78, 5) is 14.2. The van der Waals surface area contributed by atoms with E-state index in [1.165, 1.54) is 6.20 Å². The van der Waals surface area contributed by atoms with Gasteiger partial charge in [0.15, 0.2) is 0 Å². The fourth-order valence-electron chi connectivity index (χ4n) is 0.563. The Morgan fingerprint density at radius 2 is 2.36 bits per heavy atom. The maximum absolute atomic E-state index is 10.3. The van der Waals surface area contributed by atoms with Gasteiger partial charge in [0.05, 0.1) is 11.9 Å². The number of carbonyl (C=O) groups excluding carboxylic acids is 1. The molecule has 0 fully saturated rings. The molecule has 1 rings (SSSR count). The molecular weight excluding hydrogens is 231 g/mol. The fourth-order valence-corrected chi connectivity index (χ4v) is 0.907. The van der Waals surface area contributed by atoms with E-state index in [2.05, 4.69) is 26.2 Å². The number of nitrogens with one attached hydrogen (secondary N) is 1. The van der Waals surface area contributed by atoms with Crippen molar-refractivity contribution in [2.45, 2.75) is 0 Å². The normalized spacial score (nSPS) is 9.27. The molecule has 1 aromatic rings. The molecule has 1 aromatic heterocycles. The average molecular weight is 235 g/mol. The highest BCUT2D eigenvalue weighted by molar-refractivity contribution is 9.10. The number of aromatic nitrogens is 1. The monoisotopic (exact) mass is 234 g/mol. The van der Waals surface area contributed by atoms with Gasteiger partial charge in [-0.05, 0) is 39.7 Å². The van der Waals surface area contributed by atoms with Gasteiger partial charge in [-0.25, -0.2) is 4.98 Å². The zero-order valence-corrected chi connectivity index (χ0v) is 7.69. The van der Waals surface area contributed by atoms with Gasteiger partial charge in [0.25, 0.3) is 0 Å². The first-order chi connectivity index (χ1) is 5.18. The number of pyridine rings is 1. The van der Waals surface area contributed by atoms with Crippen LogP contribution in [-0.4, -0.2) is 10.4 Å². The first kappa shape index (κ1) is 8.49. The van der Waals surface area contributed by atoms with Crippen LogP contribution in [0.3, 0.4) is 0 Å². The number of hydrogen-bond donors (Lipinski definition) is 1. The standard InChI is InChI=1S/C6H4BrClN2O/c7-5-2-1-4(3-9-5)10-6(8)11/h1-3H,(H,10,11). The Bertz CT molecular complexity index is 262. The molecule has 0 spiro atoms. The molecule has 0 saturated carbocycles. The minimum atomic E-state index is -0.617. The zero-order chi connectivity index (χ0) is 8.27. The summed E-state index contributed by atoms with van der Waals surface area (Å²) in [6.45, 7) is 0. The van der Waals surface area contributed by atoms with E-state index >= 15 is 0 Å². The maximum Gasteiger partial charge on any atom is 0.318 e. The third-order valence-electron chi connectivity index (χ3n) is 0.970. The lowest BCUT2D eigenvalue weighted by Crippen LogP contribution is -2.00. The van der Waals surface area contributed by atoms with Crippen molar-refractivity contribution >= 4 is 38.6 Å². The molecule has 0 radical (unpaired) electrons. The first-order valence-corrected chi connectivity index (χ1v) is 3.93. The molecule has 1 heterocycles. The molecule has 0 atom stereocenters. The van der Waals surface area contributed by atoms with Crippen LogP contribution in [0.4, 0.5) is 10.5 Å². The molecule has 0 aliphatic heterocycles. The van der Waals surface area contributed by atoms with E-state index in [0.29, 0.717) is 10.3 Å². The first-order valence-electron chi connectivity index (χ1n) is 2.76. The van der Waals surface area contributed by atoms with Gasteiger partial charge in [0, 0.05) is 0 Å². The van der Waals surface area contributed by atoms with Crippen molar-refractivity contribution in [1.29, 1.82) is 0 Å². The number of nitrogens with zero attached hydrogens (tertiary/aromatic N) is 1. The number of halogens is 2. The zero-order valence-electron chi connectivity index (χ0n) is 5.34. The molecule has 0 unspecified atom stereocenters. The van der Waals surface area contributed by atoms with Gasteiger partial charge in [-0.1, -0.05) is 0 Å². The number of amides is 1. The second-order valence-electron chi connectivity index (χ2n) is 1.77. The molecular formula is C6H4BrClN2O. The van der Waals surface area contributed by atoms with Gasteiger partial charge < -0.3 is 5.32 Å². The smallest absolute Gasteiger partial charge is 0.311 e. The molecule has 0 saturated heterocycles. The summed E-state index contributed by atoms with van der Waals surface area (Å²) < 4.78 is 0.713. The van der Waals surface area contributed by atoms with Crippen molar-refractivity contribution in [2.75, 3.05) is 5.32 Å². The summed E-state index contributed by atoms with van der Waals surface area (Å²) in [5.41, 5.74) is 0.577. The maximum atomic E-state index is 10.3. The van der Waals surface area contributed by atoms with E-state index in [0.717, 1.165) is 0 Å². The second kappa shape index (κ2) is 3.69. The Morgan fingerprint density at radius 1 is 1.64 bits per heavy atom. The SMILES string of the molecule is O=C(Cl)Nc1ccc(Br)nc1.